The summed E-state index contributed by atoms with van der Waals surface area (Å²) in [6.07, 6.45) is 8.73. The van der Waals surface area contributed by atoms with E-state index in [0.29, 0.717) is 18.8 Å². The Labute approximate surface area is 105 Å². The summed E-state index contributed by atoms with van der Waals surface area (Å²) < 4.78 is 29.5. The third kappa shape index (κ3) is 3.47. The van der Waals surface area contributed by atoms with Crippen LogP contribution in [0.4, 0.5) is 0 Å². The minimum Gasteiger partial charge on any atom is -0.500 e. The third-order valence-corrected chi connectivity index (χ3v) is 6.43. The first kappa shape index (κ1) is 14.6. The predicted molar refractivity (Wildman–Crippen MR) is 70.7 cm³/mol. The zero-order valence-electron chi connectivity index (χ0n) is 10.9. The molecule has 1 fully saturated rings. The van der Waals surface area contributed by atoms with Gasteiger partial charge in [0.1, 0.15) is 11.4 Å². The van der Waals surface area contributed by atoms with Gasteiger partial charge in [-0.3, -0.25) is 0 Å². The maximum absolute atomic E-state index is 12.4. The topological polar surface area (TPSA) is 43.4 Å². The molecule has 1 saturated heterocycles. The summed E-state index contributed by atoms with van der Waals surface area (Å²) in [4.78, 5) is 0. The normalized spacial score (nSPS) is 29.8. The van der Waals surface area contributed by atoms with E-state index in [0.717, 1.165) is 32.1 Å². The number of hydrogen-bond donors (Lipinski definition) is 0. The Kier molecular flexibility index (Phi) is 5.50. The van der Waals surface area contributed by atoms with E-state index in [1.807, 2.05) is 13.8 Å². The highest BCUT2D eigenvalue weighted by Gasteiger charge is 2.42. The number of rotatable bonds is 4. The summed E-state index contributed by atoms with van der Waals surface area (Å²) in [5, 5.41) is 0. The van der Waals surface area contributed by atoms with Gasteiger partial charge in [-0.1, -0.05) is 32.3 Å². The molecule has 1 unspecified atom stereocenters. The highest BCUT2D eigenvalue weighted by molar-refractivity contribution is 7.92. The molecule has 0 N–H and O–H groups in total. The van der Waals surface area contributed by atoms with Crippen LogP contribution in [-0.4, -0.2) is 25.5 Å². The van der Waals surface area contributed by atoms with Crippen molar-refractivity contribution < 1.29 is 13.2 Å². The van der Waals surface area contributed by atoms with Crippen LogP contribution in [-0.2, 0) is 14.6 Å². The number of allylic oxidation sites excluding steroid dienone is 1. The molecule has 0 bridgehead atoms. The van der Waals surface area contributed by atoms with Gasteiger partial charge in [0.2, 0.25) is 0 Å². The van der Waals surface area contributed by atoms with Gasteiger partial charge < -0.3 is 4.74 Å². The molecule has 1 atom stereocenters. The van der Waals surface area contributed by atoms with Crippen LogP contribution in [0.1, 0.15) is 52.4 Å². The first-order valence-electron chi connectivity index (χ1n) is 6.53. The Morgan fingerprint density at radius 1 is 1.24 bits per heavy atom. The highest BCUT2D eigenvalue weighted by atomic mass is 32.2. The van der Waals surface area contributed by atoms with Crippen LogP contribution in [0.3, 0.4) is 0 Å². The minimum absolute atomic E-state index is 0.302. The highest BCUT2D eigenvalue weighted by Crippen LogP contribution is 2.32. The average Bonchev–Trinajstić information content (AvgIpc) is 2.29. The minimum atomic E-state index is -3.03. The molecule has 1 aliphatic rings. The Hall–Kier alpha value is -0.510. The molecule has 100 valence electrons. The summed E-state index contributed by atoms with van der Waals surface area (Å²) >= 11 is 0. The third-order valence-electron chi connectivity index (χ3n) is 3.68. The first-order chi connectivity index (χ1) is 8.08. The maximum atomic E-state index is 12.4. The summed E-state index contributed by atoms with van der Waals surface area (Å²) in [5.41, 5.74) is 0. The van der Waals surface area contributed by atoms with E-state index in [2.05, 4.69) is 0 Å². The fourth-order valence-corrected chi connectivity index (χ4v) is 4.58. The average molecular weight is 260 g/mol. The molecule has 4 heteroatoms. The Balaban J connectivity index is 2.88. The van der Waals surface area contributed by atoms with Crippen LogP contribution in [0, 0.1) is 0 Å². The van der Waals surface area contributed by atoms with Gasteiger partial charge in [0, 0.05) is 0 Å². The van der Waals surface area contributed by atoms with Crippen LogP contribution >= 0.6 is 0 Å². The van der Waals surface area contributed by atoms with Gasteiger partial charge >= 0.3 is 0 Å². The van der Waals surface area contributed by atoms with E-state index in [1.165, 1.54) is 0 Å². The van der Waals surface area contributed by atoms with E-state index < -0.39 is 14.6 Å². The van der Waals surface area contributed by atoms with Crippen molar-refractivity contribution in [2.75, 3.05) is 12.4 Å². The molecule has 0 amide bonds. The summed E-state index contributed by atoms with van der Waals surface area (Å²) in [6, 6.07) is 0. The molecular formula is C13H24O3S. The zero-order chi connectivity index (χ0) is 12.8. The Morgan fingerprint density at radius 2 is 1.94 bits per heavy atom. The van der Waals surface area contributed by atoms with E-state index >= 15 is 0 Å². The molecule has 0 radical (unpaired) electrons. The van der Waals surface area contributed by atoms with E-state index in [9.17, 15) is 8.42 Å². The quantitative estimate of drug-likeness (QED) is 0.730. The van der Waals surface area contributed by atoms with Crippen LogP contribution in [0.5, 0.6) is 0 Å². The number of ether oxygens (including phenoxy) is 1. The van der Waals surface area contributed by atoms with Crippen molar-refractivity contribution >= 4 is 9.84 Å². The molecule has 0 aliphatic carbocycles. The summed E-state index contributed by atoms with van der Waals surface area (Å²) in [7, 11) is -3.03. The summed E-state index contributed by atoms with van der Waals surface area (Å²) in [6.45, 7) is 4.12. The molecule has 0 spiro atoms. The van der Waals surface area contributed by atoms with E-state index in [-0.39, 0.29) is 0 Å². The van der Waals surface area contributed by atoms with Crippen LogP contribution in [0.2, 0.25) is 0 Å². The molecule has 0 saturated carbocycles. The van der Waals surface area contributed by atoms with E-state index in [1.54, 1.807) is 12.3 Å². The lowest BCUT2D eigenvalue weighted by molar-refractivity contribution is 0.193. The van der Waals surface area contributed by atoms with Crippen molar-refractivity contribution in [2.24, 2.45) is 0 Å². The Bertz CT molecular complexity index is 346. The van der Waals surface area contributed by atoms with Gasteiger partial charge in [-0.05, 0) is 26.2 Å². The lowest BCUT2D eigenvalue weighted by Crippen LogP contribution is -2.44. The van der Waals surface area contributed by atoms with Crippen molar-refractivity contribution in [1.29, 1.82) is 0 Å². The molecule has 1 aliphatic heterocycles. The second kappa shape index (κ2) is 6.43. The maximum Gasteiger partial charge on any atom is 0.159 e. The van der Waals surface area contributed by atoms with Gasteiger partial charge in [0.15, 0.2) is 9.84 Å². The lowest BCUT2D eigenvalue weighted by Gasteiger charge is -2.33. The fourth-order valence-electron chi connectivity index (χ4n) is 2.42. The van der Waals surface area contributed by atoms with Gasteiger partial charge in [-0.25, -0.2) is 8.42 Å². The SMILES string of the molecule is C/C=C/OCC1(CC)CCCCCCS1(=O)=O. The van der Waals surface area contributed by atoms with Gasteiger partial charge in [-0.15, -0.1) is 0 Å². The van der Waals surface area contributed by atoms with Crippen molar-refractivity contribution in [3.05, 3.63) is 12.3 Å². The smallest absolute Gasteiger partial charge is 0.159 e. The first-order valence-corrected chi connectivity index (χ1v) is 8.18. The van der Waals surface area contributed by atoms with Gasteiger partial charge in [-0.2, -0.15) is 0 Å². The Morgan fingerprint density at radius 3 is 2.59 bits per heavy atom. The van der Waals surface area contributed by atoms with Gasteiger partial charge in [0.05, 0.1) is 12.0 Å². The molecule has 1 rings (SSSR count). The van der Waals surface area contributed by atoms with Gasteiger partial charge in [0.25, 0.3) is 0 Å². The molecule has 0 aromatic heterocycles. The largest absolute Gasteiger partial charge is 0.500 e. The number of hydrogen-bond acceptors (Lipinski definition) is 3. The van der Waals surface area contributed by atoms with Crippen molar-refractivity contribution in [2.45, 2.75) is 57.1 Å². The van der Waals surface area contributed by atoms with E-state index in [4.69, 9.17) is 4.74 Å². The van der Waals surface area contributed by atoms with Crippen molar-refractivity contribution in [3.63, 3.8) is 0 Å². The predicted octanol–water partition coefficient (Wildman–Crippen LogP) is 3.06. The van der Waals surface area contributed by atoms with Crippen LogP contribution < -0.4 is 0 Å². The molecule has 3 nitrogen and oxygen atoms in total. The second-order valence-corrected chi connectivity index (χ2v) is 7.30. The van der Waals surface area contributed by atoms with Crippen LogP contribution in [0.15, 0.2) is 12.3 Å². The molecule has 0 aromatic carbocycles. The standard InChI is InChI=1S/C13H24O3S/c1-3-10-16-12-13(4-2)9-7-5-6-8-11-17(13,14)15/h3,10H,4-9,11-12H2,1-2H3/b10-3+. The zero-order valence-corrected chi connectivity index (χ0v) is 11.8. The fraction of sp³-hybridized carbons (Fsp3) is 0.846. The summed E-state index contributed by atoms with van der Waals surface area (Å²) in [5.74, 6) is 0.319. The van der Waals surface area contributed by atoms with Crippen LogP contribution in [0.25, 0.3) is 0 Å². The molecule has 17 heavy (non-hydrogen) atoms. The molecule has 1 heterocycles. The number of sulfone groups is 1. The van der Waals surface area contributed by atoms with Crippen molar-refractivity contribution in [1.82, 2.24) is 0 Å². The lowest BCUT2D eigenvalue weighted by atomic mass is 9.97. The molecular weight excluding hydrogens is 236 g/mol. The van der Waals surface area contributed by atoms with Crippen molar-refractivity contribution in [3.8, 4) is 0 Å². The monoisotopic (exact) mass is 260 g/mol. The second-order valence-electron chi connectivity index (χ2n) is 4.80. The molecule has 0 aromatic rings.